The van der Waals surface area contributed by atoms with Gasteiger partial charge >= 0.3 is 0 Å². The number of aliphatic hydroxyl groups excluding tert-OH is 1. The number of halogens is 1. The third-order valence-electron chi connectivity index (χ3n) is 2.47. The standard InChI is InChI=1S/C11H16BrNO2/c1-6-4-8(12)7(2)11(15-3)10(6)9(14)5-13/h4,9,14H,5,13H2,1-3H3. The van der Waals surface area contributed by atoms with Crippen LogP contribution in [-0.2, 0) is 0 Å². The fourth-order valence-electron chi connectivity index (χ4n) is 1.66. The third-order valence-corrected chi connectivity index (χ3v) is 3.30. The lowest BCUT2D eigenvalue weighted by Crippen LogP contribution is -2.14. The Balaban J connectivity index is 3.41. The number of rotatable bonds is 3. The number of aliphatic hydroxyl groups is 1. The van der Waals surface area contributed by atoms with Gasteiger partial charge in [-0.05, 0) is 25.5 Å². The zero-order chi connectivity index (χ0) is 11.6. The maximum atomic E-state index is 9.82. The van der Waals surface area contributed by atoms with E-state index in [4.69, 9.17) is 10.5 Å². The minimum atomic E-state index is -0.674. The summed E-state index contributed by atoms with van der Waals surface area (Å²) in [6.45, 7) is 4.06. The zero-order valence-electron chi connectivity index (χ0n) is 9.17. The summed E-state index contributed by atoms with van der Waals surface area (Å²) in [4.78, 5) is 0. The van der Waals surface area contributed by atoms with Crippen molar-refractivity contribution in [2.75, 3.05) is 13.7 Å². The highest BCUT2D eigenvalue weighted by atomic mass is 79.9. The molecule has 0 saturated carbocycles. The number of aryl methyl sites for hydroxylation is 1. The quantitative estimate of drug-likeness (QED) is 0.887. The van der Waals surface area contributed by atoms with Crippen molar-refractivity contribution in [3.8, 4) is 5.75 Å². The largest absolute Gasteiger partial charge is 0.496 e. The molecule has 0 fully saturated rings. The van der Waals surface area contributed by atoms with Gasteiger partial charge in [0, 0.05) is 22.1 Å². The molecule has 3 nitrogen and oxygen atoms in total. The molecule has 0 aliphatic rings. The van der Waals surface area contributed by atoms with Gasteiger partial charge in [-0.2, -0.15) is 0 Å². The average molecular weight is 274 g/mol. The molecule has 0 aromatic heterocycles. The molecule has 0 heterocycles. The van der Waals surface area contributed by atoms with Gasteiger partial charge in [0.25, 0.3) is 0 Å². The monoisotopic (exact) mass is 273 g/mol. The Morgan fingerprint density at radius 2 is 2.13 bits per heavy atom. The Morgan fingerprint density at radius 1 is 1.53 bits per heavy atom. The summed E-state index contributed by atoms with van der Waals surface area (Å²) in [5, 5.41) is 9.82. The van der Waals surface area contributed by atoms with Crippen LogP contribution in [0.1, 0.15) is 22.8 Å². The van der Waals surface area contributed by atoms with Crippen molar-refractivity contribution in [3.63, 3.8) is 0 Å². The Kier molecular flexibility index (Phi) is 4.13. The first-order chi connectivity index (χ1) is 7.02. The molecule has 1 aromatic rings. The van der Waals surface area contributed by atoms with Gasteiger partial charge in [-0.1, -0.05) is 15.9 Å². The highest BCUT2D eigenvalue weighted by Crippen LogP contribution is 2.36. The van der Waals surface area contributed by atoms with Crippen molar-refractivity contribution < 1.29 is 9.84 Å². The van der Waals surface area contributed by atoms with Crippen LogP contribution in [0, 0.1) is 13.8 Å². The molecule has 15 heavy (non-hydrogen) atoms. The number of nitrogens with two attached hydrogens (primary N) is 1. The van der Waals surface area contributed by atoms with Gasteiger partial charge in [-0.25, -0.2) is 0 Å². The fourth-order valence-corrected chi connectivity index (χ4v) is 2.18. The second-order valence-corrected chi connectivity index (χ2v) is 4.35. The topological polar surface area (TPSA) is 55.5 Å². The molecule has 0 amide bonds. The predicted octanol–water partition coefficient (Wildman–Crippen LogP) is 2.07. The van der Waals surface area contributed by atoms with Crippen LogP contribution in [0.4, 0.5) is 0 Å². The molecular weight excluding hydrogens is 258 g/mol. The lowest BCUT2D eigenvalue weighted by molar-refractivity contribution is 0.181. The molecule has 1 atom stereocenters. The van der Waals surface area contributed by atoms with Crippen LogP contribution in [0.15, 0.2) is 10.5 Å². The van der Waals surface area contributed by atoms with Crippen LogP contribution in [0.2, 0.25) is 0 Å². The maximum absolute atomic E-state index is 9.82. The second-order valence-electron chi connectivity index (χ2n) is 3.50. The Bertz CT molecular complexity index is 366. The van der Waals surface area contributed by atoms with E-state index in [0.29, 0.717) is 5.75 Å². The van der Waals surface area contributed by atoms with Crippen LogP contribution in [0.5, 0.6) is 5.75 Å². The van der Waals surface area contributed by atoms with E-state index in [1.54, 1.807) is 7.11 Å². The lowest BCUT2D eigenvalue weighted by atomic mass is 9.99. The highest BCUT2D eigenvalue weighted by Gasteiger charge is 2.18. The molecule has 0 aliphatic carbocycles. The van der Waals surface area contributed by atoms with Gasteiger partial charge in [-0.15, -0.1) is 0 Å². The van der Waals surface area contributed by atoms with E-state index in [9.17, 15) is 5.11 Å². The maximum Gasteiger partial charge on any atom is 0.129 e. The van der Waals surface area contributed by atoms with Crippen LogP contribution < -0.4 is 10.5 Å². The summed E-state index contributed by atoms with van der Waals surface area (Å²) in [5.41, 5.74) is 8.20. The van der Waals surface area contributed by atoms with Crippen LogP contribution >= 0.6 is 15.9 Å². The van der Waals surface area contributed by atoms with Gasteiger partial charge in [0.05, 0.1) is 13.2 Å². The predicted molar refractivity (Wildman–Crippen MR) is 64.2 cm³/mol. The first kappa shape index (κ1) is 12.5. The second kappa shape index (κ2) is 4.96. The first-order valence-electron chi connectivity index (χ1n) is 4.74. The first-order valence-corrected chi connectivity index (χ1v) is 5.54. The van der Waals surface area contributed by atoms with E-state index in [2.05, 4.69) is 15.9 Å². The van der Waals surface area contributed by atoms with E-state index >= 15 is 0 Å². The molecular formula is C11H16BrNO2. The van der Waals surface area contributed by atoms with Crippen molar-refractivity contribution in [3.05, 3.63) is 27.2 Å². The number of hydrogen-bond acceptors (Lipinski definition) is 3. The Hall–Kier alpha value is -0.580. The smallest absolute Gasteiger partial charge is 0.129 e. The third kappa shape index (κ3) is 2.33. The molecule has 0 spiro atoms. The Morgan fingerprint density at radius 3 is 2.60 bits per heavy atom. The summed E-state index contributed by atoms with van der Waals surface area (Å²) >= 11 is 3.45. The molecule has 1 unspecified atom stereocenters. The number of hydrogen-bond donors (Lipinski definition) is 2. The summed E-state index contributed by atoms with van der Waals surface area (Å²) in [6, 6.07) is 1.96. The van der Waals surface area contributed by atoms with Crippen molar-refractivity contribution in [1.29, 1.82) is 0 Å². The summed E-state index contributed by atoms with van der Waals surface area (Å²) < 4.78 is 6.29. The molecule has 84 valence electrons. The summed E-state index contributed by atoms with van der Waals surface area (Å²) in [5.74, 6) is 0.708. The molecule has 1 aromatic carbocycles. The minimum absolute atomic E-state index is 0.193. The average Bonchev–Trinajstić information content (AvgIpc) is 2.21. The van der Waals surface area contributed by atoms with E-state index in [1.165, 1.54) is 0 Å². The molecule has 3 N–H and O–H groups in total. The molecule has 0 radical (unpaired) electrons. The van der Waals surface area contributed by atoms with Crippen molar-refractivity contribution in [2.24, 2.45) is 5.73 Å². The number of ether oxygens (including phenoxy) is 1. The highest BCUT2D eigenvalue weighted by molar-refractivity contribution is 9.10. The number of methoxy groups -OCH3 is 1. The molecule has 1 rings (SSSR count). The normalized spacial score (nSPS) is 12.7. The van der Waals surface area contributed by atoms with Gasteiger partial charge in [-0.3, -0.25) is 0 Å². The van der Waals surface area contributed by atoms with Gasteiger partial charge in [0.2, 0.25) is 0 Å². The molecule has 0 bridgehead atoms. The number of benzene rings is 1. The van der Waals surface area contributed by atoms with Crippen LogP contribution in [-0.4, -0.2) is 18.8 Å². The van der Waals surface area contributed by atoms with E-state index < -0.39 is 6.10 Å². The van der Waals surface area contributed by atoms with E-state index in [0.717, 1.165) is 21.2 Å². The summed E-state index contributed by atoms with van der Waals surface area (Å²) in [7, 11) is 1.60. The summed E-state index contributed by atoms with van der Waals surface area (Å²) in [6.07, 6.45) is -0.674. The Labute approximate surface area is 98.4 Å². The van der Waals surface area contributed by atoms with Crippen LogP contribution in [0.25, 0.3) is 0 Å². The van der Waals surface area contributed by atoms with Crippen molar-refractivity contribution in [1.82, 2.24) is 0 Å². The molecule has 0 saturated heterocycles. The van der Waals surface area contributed by atoms with E-state index in [1.807, 2.05) is 19.9 Å². The minimum Gasteiger partial charge on any atom is -0.496 e. The van der Waals surface area contributed by atoms with Gasteiger partial charge in [0.15, 0.2) is 0 Å². The molecule has 4 heteroatoms. The fraction of sp³-hybridized carbons (Fsp3) is 0.455. The van der Waals surface area contributed by atoms with Gasteiger partial charge < -0.3 is 15.6 Å². The lowest BCUT2D eigenvalue weighted by Gasteiger charge is -2.19. The van der Waals surface area contributed by atoms with Crippen molar-refractivity contribution >= 4 is 15.9 Å². The molecule has 0 aliphatic heterocycles. The van der Waals surface area contributed by atoms with Crippen molar-refractivity contribution in [2.45, 2.75) is 20.0 Å². The van der Waals surface area contributed by atoms with Crippen LogP contribution in [0.3, 0.4) is 0 Å². The van der Waals surface area contributed by atoms with Gasteiger partial charge in [0.1, 0.15) is 5.75 Å². The SMILES string of the molecule is COc1c(C)c(Br)cc(C)c1C(O)CN. The van der Waals surface area contributed by atoms with E-state index in [-0.39, 0.29) is 6.54 Å². The zero-order valence-corrected chi connectivity index (χ0v) is 10.8.